The fourth-order valence-corrected chi connectivity index (χ4v) is 2.56. The summed E-state index contributed by atoms with van der Waals surface area (Å²) in [5, 5.41) is 2.79. The van der Waals surface area contributed by atoms with Crippen molar-refractivity contribution in [2.75, 3.05) is 13.2 Å². The molecule has 2 aromatic carbocycles. The van der Waals surface area contributed by atoms with E-state index in [0.717, 1.165) is 12.0 Å². The van der Waals surface area contributed by atoms with Gasteiger partial charge in [-0.2, -0.15) is 0 Å². The number of hydrogen-bond donors (Lipinski definition) is 1. The maximum absolute atomic E-state index is 12.3. The van der Waals surface area contributed by atoms with Crippen LogP contribution in [0.3, 0.4) is 0 Å². The molecule has 4 heteroatoms. The first-order chi connectivity index (χ1) is 11.9. The van der Waals surface area contributed by atoms with Gasteiger partial charge in [-0.15, -0.1) is 0 Å². The van der Waals surface area contributed by atoms with Gasteiger partial charge in [0.1, 0.15) is 0 Å². The molecule has 2 aromatic rings. The Morgan fingerprint density at radius 3 is 2.32 bits per heavy atom. The molecular weight excluding hydrogens is 314 g/mol. The Hall–Kier alpha value is -2.62. The topological polar surface area (TPSA) is 55.4 Å². The van der Waals surface area contributed by atoms with Crippen molar-refractivity contribution in [2.45, 2.75) is 32.6 Å². The van der Waals surface area contributed by atoms with Gasteiger partial charge in [-0.1, -0.05) is 54.6 Å². The Kier molecular flexibility index (Phi) is 6.34. The maximum atomic E-state index is 12.3. The van der Waals surface area contributed by atoms with E-state index in [0.29, 0.717) is 6.54 Å². The normalized spacial score (nSPS) is 11.0. The van der Waals surface area contributed by atoms with Crippen LogP contribution in [0.5, 0.6) is 0 Å². The van der Waals surface area contributed by atoms with Crippen LogP contribution >= 0.6 is 0 Å². The third-order valence-corrected chi connectivity index (χ3v) is 4.32. The van der Waals surface area contributed by atoms with Crippen molar-refractivity contribution in [1.29, 1.82) is 0 Å². The van der Waals surface area contributed by atoms with Gasteiger partial charge in [-0.05, 0) is 43.9 Å². The van der Waals surface area contributed by atoms with Crippen LogP contribution in [0, 0.1) is 6.92 Å². The lowest BCUT2D eigenvalue weighted by atomic mass is 9.85. The molecule has 0 aliphatic rings. The second kappa shape index (κ2) is 8.47. The van der Waals surface area contributed by atoms with Crippen LogP contribution in [-0.4, -0.2) is 25.0 Å². The summed E-state index contributed by atoms with van der Waals surface area (Å²) >= 11 is 0. The number of nitrogens with one attached hydrogen (secondary N) is 1. The molecule has 0 aliphatic carbocycles. The lowest BCUT2D eigenvalue weighted by molar-refractivity contribution is -0.153. The summed E-state index contributed by atoms with van der Waals surface area (Å²) in [7, 11) is 0. The number of hydrogen-bond acceptors (Lipinski definition) is 3. The van der Waals surface area contributed by atoms with E-state index < -0.39 is 11.4 Å². The first kappa shape index (κ1) is 18.7. The first-order valence-electron chi connectivity index (χ1n) is 8.45. The number of esters is 1. The molecule has 1 N–H and O–H groups in total. The van der Waals surface area contributed by atoms with Crippen LogP contribution < -0.4 is 5.32 Å². The van der Waals surface area contributed by atoms with Gasteiger partial charge in [0.15, 0.2) is 6.61 Å². The highest BCUT2D eigenvalue weighted by Crippen LogP contribution is 2.24. The summed E-state index contributed by atoms with van der Waals surface area (Å²) in [6.45, 7) is 5.89. The second-order valence-electron chi connectivity index (χ2n) is 6.59. The Bertz CT molecular complexity index is 723. The molecule has 0 spiro atoms. The van der Waals surface area contributed by atoms with E-state index in [4.69, 9.17) is 4.74 Å². The third kappa shape index (κ3) is 5.18. The lowest BCUT2D eigenvalue weighted by Gasteiger charge is -2.22. The Labute approximate surface area is 149 Å². The summed E-state index contributed by atoms with van der Waals surface area (Å²) in [6.07, 6.45) is 0.752. The highest BCUT2D eigenvalue weighted by atomic mass is 16.5. The predicted molar refractivity (Wildman–Crippen MR) is 98.3 cm³/mol. The van der Waals surface area contributed by atoms with E-state index in [1.165, 1.54) is 11.1 Å². The average Bonchev–Trinajstić information content (AvgIpc) is 2.62. The average molecular weight is 339 g/mol. The van der Waals surface area contributed by atoms with Crippen molar-refractivity contribution in [2.24, 2.45) is 0 Å². The SMILES string of the molecule is Cc1ccccc1CCNC(=O)COC(=O)C(C)(C)c1ccccc1. The molecule has 1 amide bonds. The van der Waals surface area contributed by atoms with Gasteiger partial charge in [0, 0.05) is 6.54 Å². The van der Waals surface area contributed by atoms with Crippen LogP contribution in [0.2, 0.25) is 0 Å². The maximum Gasteiger partial charge on any atom is 0.316 e. The first-order valence-corrected chi connectivity index (χ1v) is 8.45. The van der Waals surface area contributed by atoms with E-state index in [2.05, 4.69) is 5.32 Å². The smallest absolute Gasteiger partial charge is 0.316 e. The number of rotatable bonds is 7. The highest BCUT2D eigenvalue weighted by Gasteiger charge is 2.31. The quantitative estimate of drug-likeness (QED) is 0.788. The van der Waals surface area contributed by atoms with Gasteiger partial charge >= 0.3 is 5.97 Å². The number of carbonyl (C=O) groups excluding carboxylic acids is 2. The molecule has 0 aromatic heterocycles. The van der Waals surface area contributed by atoms with Gasteiger partial charge in [0.2, 0.25) is 0 Å². The molecule has 0 saturated carbocycles. The minimum Gasteiger partial charge on any atom is -0.455 e. The molecule has 0 heterocycles. The van der Waals surface area contributed by atoms with E-state index in [-0.39, 0.29) is 12.5 Å². The zero-order valence-corrected chi connectivity index (χ0v) is 15.0. The van der Waals surface area contributed by atoms with Crippen LogP contribution in [0.25, 0.3) is 0 Å². The lowest BCUT2D eigenvalue weighted by Crippen LogP contribution is -2.36. The van der Waals surface area contributed by atoms with E-state index >= 15 is 0 Å². The minimum atomic E-state index is -0.789. The molecule has 132 valence electrons. The highest BCUT2D eigenvalue weighted by molar-refractivity contribution is 5.85. The Morgan fingerprint density at radius 1 is 1.00 bits per heavy atom. The number of aryl methyl sites for hydroxylation is 1. The molecule has 2 rings (SSSR count). The number of ether oxygens (including phenoxy) is 1. The zero-order valence-electron chi connectivity index (χ0n) is 15.0. The molecule has 0 atom stereocenters. The van der Waals surface area contributed by atoms with E-state index in [1.807, 2.05) is 61.5 Å². The van der Waals surface area contributed by atoms with E-state index in [1.54, 1.807) is 13.8 Å². The van der Waals surface area contributed by atoms with Gasteiger partial charge in [-0.25, -0.2) is 0 Å². The monoisotopic (exact) mass is 339 g/mol. The Morgan fingerprint density at radius 2 is 1.64 bits per heavy atom. The summed E-state index contributed by atoms with van der Waals surface area (Å²) < 4.78 is 5.20. The standard InChI is InChI=1S/C21H25NO3/c1-16-9-7-8-10-17(16)13-14-22-19(23)15-25-20(24)21(2,3)18-11-5-4-6-12-18/h4-12H,13-15H2,1-3H3,(H,22,23). The fraction of sp³-hybridized carbons (Fsp3) is 0.333. The van der Waals surface area contributed by atoms with Gasteiger partial charge < -0.3 is 10.1 Å². The van der Waals surface area contributed by atoms with Crippen molar-refractivity contribution in [3.8, 4) is 0 Å². The van der Waals surface area contributed by atoms with Crippen molar-refractivity contribution < 1.29 is 14.3 Å². The summed E-state index contributed by atoms with van der Waals surface area (Å²) in [5.74, 6) is -0.696. The molecule has 0 radical (unpaired) electrons. The zero-order chi connectivity index (χ0) is 18.3. The largest absolute Gasteiger partial charge is 0.455 e. The van der Waals surface area contributed by atoms with Crippen molar-refractivity contribution in [3.05, 3.63) is 71.3 Å². The molecule has 0 fully saturated rings. The van der Waals surface area contributed by atoms with Crippen molar-refractivity contribution >= 4 is 11.9 Å². The van der Waals surface area contributed by atoms with Gasteiger partial charge in [0.25, 0.3) is 5.91 Å². The fourth-order valence-electron chi connectivity index (χ4n) is 2.56. The molecule has 0 bridgehead atoms. The van der Waals surface area contributed by atoms with Crippen LogP contribution in [0.4, 0.5) is 0 Å². The molecule has 0 unspecified atom stereocenters. The second-order valence-corrected chi connectivity index (χ2v) is 6.59. The molecule has 4 nitrogen and oxygen atoms in total. The molecule has 0 aliphatic heterocycles. The summed E-state index contributed by atoms with van der Waals surface area (Å²) in [4.78, 5) is 24.2. The summed E-state index contributed by atoms with van der Waals surface area (Å²) in [6, 6.07) is 17.5. The van der Waals surface area contributed by atoms with Gasteiger partial charge in [-0.3, -0.25) is 9.59 Å². The molecular formula is C21H25NO3. The molecule has 0 saturated heterocycles. The van der Waals surface area contributed by atoms with Crippen molar-refractivity contribution in [3.63, 3.8) is 0 Å². The Balaban J connectivity index is 1.78. The van der Waals surface area contributed by atoms with Crippen LogP contribution in [-0.2, 0) is 26.2 Å². The minimum absolute atomic E-state index is 0.261. The van der Waals surface area contributed by atoms with Gasteiger partial charge in [0.05, 0.1) is 5.41 Å². The summed E-state index contributed by atoms with van der Waals surface area (Å²) in [5.41, 5.74) is 2.47. The van der Waals surface area contributed by atoms with E-state index in [9.17, 15) is 9.59 Å². The third-order valence-electron chi connectivity index (χ3n) is 4.32. The number of benzene rings is 2. The molecule has 25 heavy (non-hydrogen) atoms. The van der Waals surface area contributed by atoms with Crippen molar-refractivity contribution in [1.82, 2.24) is 5.32 Å². The predicted octanol–water partition coefficient (Wildman–Crippen LogP) is 3.17. The number of carbonyl (C=O) groups is 2. The number of amides is 1. The van der Waals surface area contributed by atoms with Crippen LogP contribution in [0.1, 0.15) is 30.5 Å². The van der Waals surface area contributed by atoms with Crippen LogP contribution in [0.15, 0.2) is 54.6 Å².